The summed E-state index contributed by atoms with van der Waals surface area (Å²) < 4.78 is 25.5. The normalized spacial score (nSPS) is 12.4. The van der Waals surface area contributed by atoms with E-state index in [1.165, 1.54) is 11.6 Å². The number of hydrogen-bond acceptors (Lipinski definition) is 3. The lowest BCUT2D eigenvalue weighted by molar-refractivity contribution is 0.199. The van der Waals surface area contributed by atoms with Crippen molar-refractivity contribution in [3.63, 3.8) is 0 Å². The van der Waals surface area contributed by atoms with Gasteiger partial charge in [0.1, 0.15) is 5.82 Å². The molecule has 6 heteroatoms. The first kappa shape index (κ1) is 19.8. The first-order valence-electron chi connectivity index (χ1n) is 9.82. The average Bonchev–Trinajstić information content (AvgIpc) is 3.17. The van der Waals surface area contributed by atoms with Crippen LogP contribution in [0.2, 0.25) is 5.02 Å². The summed E-state index contributed by atoms with van der Waals surface area (Å²) in [6, 6.07) is 8.90. The third-order valence-electron chi connectivity index (χ3n) is 4.83. The van der Waals surface area contributed by atoms with Crippen LogP contribution in [0.3, 0.4) is 0 Å². The predicted octanol–water partition coefficient (Wildman–Crippen LogP) is 5.94. The van der Waals surface area contributed by atoms with Crippen molar-refractivity contribution in [3.05, 3.63) is 63.6 Å². The van der Waals surface area contributed by atoms with Crippen molar-refractivity contribution in [3.8, 4) is 22.8 Å². The number of hydrogen-bond donors (Lipinski definition) is 1. The highest BCUT2D eigenvalue weighted by Crippen LogP contribution is 2.43. The Kier molecular flexibility index (Phi) is 5.26. The maximum Gasteiger partial charge on any atom is 0.162 e. The van der Waals surface area contributed by atoms with Gasteiger partial charge in [-0.2, -0.15) is 5.10 Å². The van der Waals surface area contributed by atoms with Crippen LogP contribution in [0.15, 0.2) is 30.3 Å². The molecule has 0 amide bonds. The molecule has 1 aliphatic carbocycles. The number of ether oxygens (including phenoxy) is 2. The third-order valence-corrected chi connectivity index (χ3v) is 5.12. The Balaban J connectivity index is 1.68. The highest BCUT2D eigenvalue weighted by molar-refractivity contribution is 6.30. The van der Waals surface area contributed by atoms with Crippen molar-refractivity contribution in [2.75, 3.05) is 0 Å². The van der Waals surface area contributed by atoms with E-state index in [9.17, 15) is 4.39 Å². The van der Waals surface area contributed by atoms with Gasteiger partial charge in [0.05, 0.1) is 22.9 Å². The van der Waals surface area contributed by atoms with Crippen LogP contribution in [0.25, 0.3) is 11.3 Å². The lowest BCUT2D eigenvalue weighted by Gasteiger charge is -2.18. The molecule has 1 aliphatic rings. The fourth-order valence-electron chi connectivity index (χ4n) is 3.67. The van der Waals surface area contributed by atoms with Gasteiger partial charge < -0.3 is 9.47 Å². The number of aromatic nitrogens is 2. The van der Waals surface area contributed by atoms with E-state index in [0.717, 1.165) is 46.0 Å². The SMILES string of the molecule is CC(C)Oc1cc2c(cc1OC(C)C)-c1n[nH]c(Cc3ccc(F)c(Cl)c3)c1C2. The largest absolute Gasteiger partial charge is 0.487 e. The van der Waals surface area contributed by atoms with E-state index < -0.39 is 5.82 Å². The summed E-state index contributed by atoms with van der Waals surface area (Å²) in [5, 5.41) is 7.84. The summed E-state index contributed by atoms with van der Waals surface area (Å²) in [6.07, 6.45) is 1.48. The van der Waals surface area contributed by atoms with E-state index in [0.29, 0.717) is 6.42 Å². The molecule has 0 aliphatic heterocycles. The predicted molar refractivity (Wildman–Crippen MR) is 113 cm³/mol. The number of fused-ring (bicyclic) bond motifs is 3. The fraction of sp³-hybridized carbons (Fsp3) is 0.348. The topological polar surface area (TPSA) is 47.1 Å². The van der Waals surface area contributed by atoms with Crippen LogP contribution in [0.4, 0.5) is 4.39 Å². The van der Waals surface area contributed by atoms with E-state index in [1.807, 2.05) is 33.8 Å². The molecule has 0 saturated heterocycles. The van der Waals surface area contributed by atoms with Crippen molar-refractivity contribution in [1.29, 1.82) is 0 Å². The summed E-state index contributed by atoms with van der Waals surface area (Å²) in [5.41, 5.74) is 6.27. The van der Waals surface area contributed by atoms with Crippen LogP contribution in [0, 0.1) is 5.82 Å². The maximum atomic E-state index is 13.5. The Hall–Kier alpha value is -2.53. The van der Waals surface area contributed by atoms with E-state index >= 15 is 0 Å². The standard InChI is InChI=1S/C23H24ClFN2O2/c1-12(2)28-21-10-15-9-17-20(8-14-5-6-19(25)18(24)7-14)26-27-23(17)16(15)11-22(21)29-13(3)4/h5-7,10-13H,8-9H2,1-4H3,(H,26,27). The average molecular weight is 415 g/mol. The zero-order valence-electron chi connectivity index (χ0n) is 17.0. The number of benzene rings is 2. The molecule has 0 unspecified atom stereocenters. The second-order valence-corrected chi connectivity index (χ2v) is 8.33. The van der Waals surface area contributed by atoms with Gasteiger partial charge in [0.25, 0.3) is 0 Å². The van der Waals surface area contributed by atoms with E-state index in [4.69, 9.17) is 21.1 Å². The Bertz CT molecular complexity index is 1060. The molecular formula is C23H24ClFN2O2. The highest BCUT2D eigenvalue weighted by atomic mass is 35.5. The van der Waals surface area contributed by atoms with Crippen LogP contribution in [0.1, 0.15) is 50.1 Å². The number of H-pyrrole nitrogens is 1. The van der Waals surface area contributed by atoms with Gasteiger partial charge in [-0.15, -0.1) is 0 Å². The molecule has 0 fully saturated rings. The molecule has 1 N–H and O–H groups in total. The van der Waals surface area contributed by atoms with E-state index in [1.54, 1.807) is 12.1 Å². The molecule has 3 aromatic rings. The molecule has 0 atom stereocenters. The van der Waals surface area contributed by atoms with Crippen LogP contribution in [-0.4, -0.2) is 22.4 Å². The Morgan fingerprint density at radius 3 is 2.41 bits per heavy atom. The number of rotatable bonds is 6. The Morgan fingerprint density at radius 1 is 1.07 bits per heavy atom. The Labute approximate surface area is 175 Å². The minimum Gasteiger partial charge on any atom is -0.487 e. The summed E-state index contributed by atoms with van der Waals surface area (Å²) in [6.45, 7) is 8.00. The van der Waals surface area contributed by atoms with E-state index in [-0.39, 0.29) is 17.2 Å². The monoisotopic (exact) mass is 414 g/mol. The van der Waals surface area contributed by atoms with Crippen molar-refractivity contribution >= 4 is 11.6 Å². The Morgan fingerprint density at radius 2 is 1.76 bits per heavy atom. The minimum absolute atomic E-state index is 0.0430. The van der Waals surface area contributed by atoms with Gasteiger partial charge >= 0.3 is 0 Å². The smallest absolute Gasteiger partial charge is 0.162 e. The molecule has 0 spiro atoms. The summed E-state index contributed by atoms with van der Waals surface area (Å²) in [4.78, 5) is 0. The molecule has 4 rings (SSSR count). The molecular weight excluding hydrogens is 391 g/mol. The van der Waals surface area contributed by atoms with Gasteiger partial charge in [-0.25, -0.2) is 4.39 Å². The number of halogens is 2. The second-order valence-electron chi connectivity index (χ2n) is 7.92. The molecule has 152 valence electrons. The van der Waals surface area contributed by atoms with Gasteiger partial charge in [0, 0.05) is 29.7 Å². The van der Waals surface area contributed by atoms with Gasteiger partial charge in [-0.3, -0.25) is 5.10 Å². The summed E-state index contributed by atoms with van der Waals surface area (Å²) in [5.74, 6) is 1.08. The first-order valence-corrected chi connectivity index (χ1v) is 10.2. The van der Waals surface area contributed by atoms with E-state index in [2.05, 4.69) is 16.3 Å². The molecule has 0 bridgehead atoms. The first-order chi connectivity index (χ1) is 13.8. The lowest BCUT2D eigenvalue weighted by Crippen LogP contribution is -2.11. The van der Waals surface area contributed by atoms with Gasteiger partial charge in [-0.1, -0.05) is 17.7 Å². The zero-order valence-corrected chi connectivity index (χ0v) is 17.7. The molecule has 0 saturated carbocycles. The highest BCUT2D eigenvalue weighted by Gasteiger charge is 2.27. The quantitative estimate of drug-likeness (QED) is 0.424. The molecule has 29 heavy (non-hydrogen) atoms. The van der Waals surface area contributed by atoms with Crippen LogP contribution >= 0.6 is 11.6 Å². The molecule has 2 aromatic carbocycles. The molecule has 1 aromatic heterocycles. The van der Waals surface area contributed by atoms with Gasteiger partial charge in [-0.05, 0) is 63.1 Å². The van der Waals surface area contributed by atoms with Crippen molar-refractivity contribution in [2.24, 2.45) is 0 Å². The molecule has 1 heterocycles. The number of nitrogens with one attached hydrogen (secondary N) is 1. The van der Waals surface area contributed by atoms with Crippen LogP contribution in [0.5, 0.6) is 11.5 Å². The van der Waals surface area contributed by atoms with Crippen molar-refractivity contribution in [2.45, 2.75) is 52.7 Å². The van der Waals surface area contributed by atoms with Crippen LogP contribution < -0.4 is 9.47 Å². The van der Waals surface area contributed by atoms with Crippen molar-refractivity contribution in [1.82, 2.24) is 10.2 Å². The third kappa shape index (κ3) is 3.97. The summed E-state index contributed by atoms with van der Waals surface area (Å²) >= 11 is 5.93. The fourth-order valence-corrected chi connectivity index (χ4v) is 3.87. The van der Waals surface area contributed by atoms with Crippen LogP contribution in [-0.2, 0) is 12.8 Å². The van der Waals surface area contributed by atoms with Gasteiger partial charge in [0.15, 0.2) is 11.5 Å². The minimum atomic E-state index is -0.409. The number of nitrogens with zero attached hydrogens (tertiary/aromatic N) is 1. The number of aromatic amines is 1. The van der Waals surface area contributed by atoms with Gasteiger partial charge in [0.2, 0.25) is 0 Å². The van der Waals surface area contributed by atoms with Crippen molar-refractivity contribution < 1.29 is 13.9 Å². The molecule has 0 radical (unpaired) electrons. The molecule has 4 nitrogen and oxygen atoms in total. The lowest BCUT2D eigenvalue weighted by atomic mass is 10.0. The maximum absolute atomic E-state index is 13.5. The zero-order chi connectivity index (χ0) is 20.7. The second kappa shape index (κ2) is 7.71. The summed E-state index contributed by atoms with van der Waals surface area (Å²) in [7, 11) is 0.